The molecule has 19 heavy (non-hydrogen) atoms. The molecule has 0 amide bonds. The van der Waals surface area contributed by atoms with E-state index in [0.717, 1.165) is 5.56 Å². The summed E-state index contributed by atoms with van der Waals surface area (Å²) < 4.78 is 0. The van der Waals surface area contributed by atoms with Gasteiger partial charge < -0.3 is 10.4 Å². The van der Waals surface area contributed by atoms with Crippen LogP contribution in [-0.2, 0) is 0 Å². The second kappa shape index (κ2) is 6.50. The molecule has 2 heteroatoms. The molecule has 2 aromatic carbocycles. The third-order valence-corrected chi connectivity index (χ3v) is 3.41. The summed E-state index contributed by atoms with van der Waals surface area (Å²) in [4.78, 5) is 0. The van der Waals surface area contributed by atoms with Crippen LogP contribution in [0.3, 0.4) is 0 Å². The van der Waals surface area contributed by atoms with Crippen molar-refractivity contribution < 1.29 is 5.11 Å². The molecule has 2 N–H and O–H groups in total. The van der Waals surface area contributed by atoms with Gasteiger partial charge in [-0.3, -0.25) is 0 Å². The van der Waals surface area contributed by atoms with Crippen LogP contribution in [0.25, 0.3) is 0 Å². The molecule has 2 atom stereocenters. The van der Waals surface area contributed by atoms with E-state index in [0.29, 0.717) is 0 Å². The highest BCUT2D eigenvalue weighted by Crippen LogP contribution is 2.19. The third-order valence-electron chi connectivity index (χ3n) is 3.41. The largest absolute Gasteiger partial charge is 0.394 e. The van der Waals surface area contributed by atoms with Crippen LogP contribution in [-0.4, -0.2) is 11.7 Å². The first-order valence-electron chi connectivity index (χ1n) is 6.69. The van der Waals surface area contributed by atoms with Gasteiger partial charge in [0.05, 0.1) is 12.6 Å². The molecular weight excluding hydrogens is 234 g/mol. The maximum atomic E-state index is 9.56. The molecule has 2 aromatic rings. The molecule has 1 unspecified atom stereocenters. The van der Waals surface area contributed by atoms with Crippen molar-refractivity contribution >= 4 is 0 Å². The van der Waals surface area contributed by atoms with Gasteiger partial charge >= 0.3 is 0 Å². The molecule has 0 fully saturated rings. The van der Waals surface area contributed by atoms with Crippen LogP contribution in [0.2, 0.25) is 0 Å². The molecule has 0 aliphatic carbocycles. The molecule has 0 spiro atoms. The van der Waals surface area contributed by atoms with Gasteiger partial charge in [0.1, 0.15) is 0 Å². The van der Waals surface area contributed by atoms with Gasteiger partial charge in [0.2, 0.25) is 0 Å². The molecule has 0 radical (unpaired) electrons. The number of aliphatic hydroxyl groups is 1. The molecule has 2 nitrogen and oxygen atoms in total. The molecule has 0 saturated heterocycles. The SMILES string of the molecule is Cc1ccc(C(C)N[C@H](CO)c2ccccc2)cc1. The summed E-state index contributed by atoms with van der Waals surface area (Å²) in [5.41, 5.74) is 3.61. The first kappa shape index (κ1) is 13.8. The third kappa shape index (κ3) is 3.66. The number of hydrogen-bond acceptors (Lipinski definition) is 2. The van der Waals surface area contributed by atoms with Gasteiger partial charge in [0.25, 0.3) is 0 Å². The summed E-state index contributed by atoms with van der Waals surface area (Å²) in [5.74, 6) is 0. The minimum Gasteiger partial charge on any atom is -0.394 e. The Morgan fingerprint density at radius 2 is 1.58 bits per heavy atom. The van der Waals surface area contributed by atoms with Crippen LogP contribution < -0.4 is 5.32 Å². The fourth-order valence-corrected chi connectivity index (χ4v) is 2.19. The van der Waals surface area contributed by atoms with Crippen LogP contribution in [0.15, 0.2) is 54.6 Å². The second-order valence-corrected chi connectivity index (χ2v) is 4.94. The van der Waals surface area contributed by atoms with E-state index in [9.17, 15) is 5.11 Å². The van der Waals surface area contributed by atoms with Crippen molar-refractivity contribution in [1.29, 1.82) is 0 Å². The summed E-state index contributed by atoms with van der Waals surface area (Å²) >= 11 is 0. The van der Waals surface area contributed by atoms with E-state index >= 15 is 0 Å². The van der Waals surface area contributed by atoms with E-state index in [1.54, 1.807) is 0 Å². The Morgan fingerprint density at radius 3 is 2.16 bits per heavy atom. The average molecular weight is 255 g/mol. The summed E-state index contributed by atoms with van der Waals surface area (Å²) in [5, 5.41) is 13.0. The summed E-state index contributed by atoms with van der Waals surface area (Å²) in [7, 11) is 0. The van der Waals surface area contributed by atoms with Gasteiger partial charge in [-0.15, -0.1) is 0 Å². The molecule has 0 aliphatic heterocycles. The zero-order chi connectivity index (χ0) is 13.7. The maximum absolute atomic E-state index is 9.56. The van der Waals surface area contributed by atoms with Crippen molar-refractivity contribution in [3.05, 3.63) is 71.3 Å². The van der Waals surface area contributed by atoms with Gasteiger partial charge in [0.15, 0.2) is 0 Å². The zero-order valence-corrected chi connectivity index (χ0v) is 11.5. The minimum absolute atomic E-state index is 0.0301. The van der Waals surface area contributed by atoms with E-state index in [4.69, 9.17) is 0 Å². The zero-order valence-electron chi connectivity index (χ0n) is 11.5. The van der Waals surface area contributed by atoms with E-state index in [2.05, 4.69) is 43.4 Å². The van der Waals surface area contributed by atoms with Crippen LogP contribution in [0.1, 0.15) is 35.7 Å². The predicted octanol–water partition coefficient (Wildman–Crippen LogP) is 3.38. The quantitative estimate of drug-likeness (QED) is 0.858. The van der Waals surface area contributed by atoms with Crippen molar-refractivity contribution in [3.63, 3.8) is 0 Å². The van der Waals surface area contributed by atoms with Gasteiger partial charge in [-0.05, 0) is 25.0 Å². The van der Waals surface area contributed by atoms with E-state index < -0.39 is 0 Å². The molecule has 0 saturated carbocycles. The van der Waals surface area contributed by atoms with Crippen molar-refractivity contribution in [2.75, 3.05) is 6.61 Å². The standard InChI is InChI=1S/C17H21NO/c1-13-8-10-15(11-9-13)14(2)18-17(12-19)16-6-4-3-5-7-16/h3-11,14,17-19H,12H2,1-2H3/t14?,17-/m1/s1. The highest BCUT2D eigenvalue weighted by atomic mass is 16.3. The fraction of sp³-hybridized carbons (Fsp3) is 0.294. The van der Waals surface area contributed by atoms with Crippen molar-refractivity contribution in [2.45, 2.75) is 25.9 Å². The topological polar surface area (TPSA) is 32.3 Å². The van der Waals surface area contributed by atoms with Crippen molar-refractivity contribution in [3.8, 4) is 0 Å². The Morgan fingerprint density at radius 1 is 0.947 bits per heavy atom. The Labute approximate surface area is 115 Å². The van der Waals surface area contributed by atoms with Gasteiger partial charge in [0, 0.05) is 6.04 Å². The van der Waals surface area contributed by atoms with E-state index in [1.165, 1.54) is 11.1 Å². The van der Waals surface area contributed by atoms with Crippen LogP contribution in [0.4, 0.5) is 0 Å². The number of benzene rings is 2. The predicted molar refractivity (Wildman–Crippen MR) is 79.0 cm³/mol. The molecule has 0 heterocycles. The average Bonchev–Trinajstić information content (AvgIpc) is 2.46. The maximum Gasteiger partial charge on any atom is 0.0626 e. The Hall–Kier alpha value is -1.64. The van der Waals surface area contributed by atoms with Gasteiger partial charge in [-0.1, -0.05) is 60.2 Å². The minimum atomic E-state index is -0.0301. The van der Waals surface area contributed by atoms with Gasteiger partial charge in [-0.2, -0.15) is 0 Å². The Bertz CT molecular complexity index is 492. The highest BCUT2D eigenvalue weighted by Gasteiger charge is 2.14. The number of hydrogen-bond donors (Lipinski definition) is 2. The lowest BCUT2D eigenvalue weighted by molar-refractivity contribution is 0.235. The summed E-state index contributed by atoms with van der Waals surface area (Å²) in [6, 6.07) is 18.7. The van der Waals surface area contributed by atoms with E-state index in [1.807, 2.05) is 30.3 Å². The molecule has 0 aromatic heterocycles. The fourth-order valence-electron chi connectivity index (χ4n) is 2.19. The van der Waals surface area contributed by atoms with Crippen LogP contribution in [0, 0.1) is 6.92 Å². The number of aliphatic hydroxyl groups excluding tert-OH is 1. The first-order chi connectivity index (χ1) is 9.20. The summed E-state index contributed by atoms with van der Waals surface area (Å²) in [6.45, 7) is 4.30. The lowest BCUT2D eigenvalue weighted by Gasteiger charge is -2.22. The Balaban J connectivity index is 2.08. The van der Waals surface area contributed by atoms with Crippen molar-refractivity contribution in [2.24, 2.45) is 0 Å². The van der Waals surface area contributed by atoms with E-state index in [-0.39, 0.29) is 18.7 Å². The lowest BCUT2D eigenvalue weighted by Crippen LogP contribution is -2.27. The Kier molecular flexibility index (Phi) is 4.72. The molecule has 2 rings (SSSR count). The van der Waals surface area contributed by atoms with Crippen molar-refractivity contribution in [1.82, 2.24) is 5.32 Å². The van der Waals surface area contributed by atoms with Crippen LogP contribution in [0.5, 0.6) is 0 Å². The second-order valence-electron chi connectivity index (χ2n) is 4.94. The first-order valence-corrected chi connectivity index (χ1v) is 6.69. The molecular formula is C17H21NO. The lowest BCUT2D eigenvalue weighted by atomic mass is 10.0. The molecule has 0 bridgehead atoms. The van der Waals surface area contributed by atoms with Crippen LogP contribution >= 0.6 is 0 Å². The molecule has 0 aliphatic rings. The number of rotatable bonds is 5. The highest BCUT2D eigenvalue weighted by molar-refractivity contribution is 5.25. The molecule has 100 valence electrons. The number of aryl methyl sites for hydroxylation is 1. The summed E-state index contributed by atoms with van der Waals surface area (Å²) in [6.07, 6.45) is 0. The number of nitrogens with one attached hydrogen (secondary N) is 1. The van der Waals surface area contributed by atoms with Gasteiger partial charge in [-0.25, -0.2) is 0 Å². The smallest absolute Gasteiger partial charge is 0.0626 e. The monoisotopic (exact) mass is 255 g/mol. The normalized spacial score (nSPS) is 14.1.